The number of carbonyl (C=O) groups is 1. The molecule has 0 saturated heterocycles. The topological polar surface area (TPSA) is 39.2 Å². The molecule has 0 bridgehead atoms. The van der Waals surface area contributed by atoms with Crippen molar-refractivity contribution in [3.05, 3.63) is 58.1 Å². The van der Waals surface area contributed by atoms with E-state index in [9.17, 15) is 4.79 Å². The molecule has 3 nitrogen and oxygen atoms in total. The number of aromatic nitrogens is 1. The van der Waals surface area contributed by atoms with Gasteiger partial charge in [-0.3, -0.25) is 9.78 Å². The highest BCUT2D eigenvalue weighted by Crippen LogP contribution is 2.27. The van der Waals surface area contributed by atoms with Crippen molar-refractivity contribution < 1.29 is 9.53 Å². The van der Waals surface area contributed by atoms with Crippen molar-refractivity contribution in [2.24, 2.45) is 0 Å². The molecule has 3 rings (SSSR count). The minimum absolute atomic E-state index is 0.0947. The molecule has 0 aliphatic heterocycles. The average Bonchev–Trinajstić information content (AvgIpc) is 2.94. The monoisotopic (exact) mass is 303 g/mol. The first-order chi connectivity index (χ1) is 9.69. The molecule has 0 aliphatic rings. The number of ether oxygens (including phenoxy) is 1. The Labute approximate surface area is 124 Å². The van der Waals surface area contributed by atoms with E-state index in [2.05, 4.69) is 4.98 Å². The Kier molecular flexibility index (Phi) is 3.42. The Morgan fingerprint density at radius 1 is 1.25 bits per heavy atom. The number of rotatable bonds is 3. The van der Waals surface area contributed by atoms with Crippen LogP contribution in [0.5, 0.6) is 5.75 Å². The third-order valence-electron chi connectivity index (χ3n) is 2.98. The lowest BCUT2D eigenvalue weighted by molar-refractivity contribution is 0.103. The van der Waals surface area contributed by atoms with Gasteiger partial charge in [-0.15, -0.1) is 11.3 Å². The summed E-state index contributed by atoms with van der Waals surface area (Å²) in [4.78, 5) is 16.7. The number of thiophene rings is 1. The number of halogens is 1. The van der Waals surface area contributed by atoms with Gasteiger partial charge in [0.2, 0.25) is 0 Å². The molecular formula is C15H10ClNO2S. The smallest absolute Gasteiger partial charge is 0.194 e. The van der Waals surface area contributed by atoms with E-state index >= 15 is 0 Å². The van der Waals surface area contributed by atoms with E-state index in [0.29, 0.717) is 21.9 Å². The molecule has 2 heterocycles. The molecule has 0 spiro atoms. The van der Waals surface area contributed by atoms with E-state index in [0.717, 1.165) is 10.2 Å². The maximum atomic E-state index is 12.5. The van der Waals surface area contributed by atoms with Crippen LogP contribution >= 0.6 is 22.9 Å². The quantitative estimate of drug-likeness (QED) is 0.681. The number of benzene rings is 1. The molecule has 0 radical (unpaired) electrons. The number of fused-ring (bicyclic) bond motifs is 1. The van der Waals surface area contributed by atoms with E-state index in [4.69, 9.17) is 16.3 Å². The lowest BCUT2D eigenvalue weighted by atomic mass is 10.0. The Balaban J connectivity index is 2.02. The third-order valence-corrected chi connectivity index (χ3v) is 4.14. The maximum absolute atomic E-state index is 12.5. The summed E-state index contributed by atoms with van der Waals surface area (Å²) in [5, 5.41) is 2.44. The molecule has 20 heavy (non-hydrogen) atoms. The van der Waals surface area contributed by atoms with Crippen LogP contribution in [0.15, 0.2) is 41.9 Å². The van der Waals surface area contributed by atoms with E-state index in [1.807, 2.05) is 17.5 Å². The molecular weight excluding hydrogens is 294 g/mol. The number of carbonyl (C=O) groups excluding carboxylic acids is 1. The summed E-state index contributed by atoms with van der Waals surface area (Å²) in [5.41, 5.74) is 1.99. The number of hydrogen-bond donors (Lipinski definition) is 0. The highest BCUT2D eigenvalue weighted by molar-refractivity contribution is 7.17. The van der Waals surface area contributed by atoms with Crippen LogP contribution in [-0.4, -0.2) is 17.9 Å². The van der Waals surface area contributed by atoms with Crippen molar-refractivity contribution >= 4 is 38.9 Å². The Morgan fingerprint density at radius 2 is 2.10 bits per heavy atom. The lowest BCUT2D eigenvalue weighted by Gasteiger charge is -2.06. The van der Waals surface area contributed by atoms with Crippen LogP contribution in [0.25, 0.3) is 10.2 Å². The van der Waals surface area contributed by atoms with Gasteiger partial charge in [-0.1, -0.05) is 11.6 Å². The van der Waals surface area contributed by atoms with Crippen LogP contribution in [0.3, 0.4) is 0 Å². The van der Waals surface area contributed by atoms with Gasteiger partial charge in [-0.05, 0) is 35.7 Å². The van der Waals surface area contributed by atoms with E-state index in [1.165, 1.54) is 7.11 Å². The van der Waals surface area contributed by atoms with Gasteiger partial charge in [0.15, 0.2) is 5.78 Å². The van der Waals surface area contributed by atoms with Crippen LogP contribution in [0.4, 0.5) is 0 Å². The molecule has 0 saturated carbocycles. The van der Waals surface area contributed by atoms with Crippen molar-refractivity contribution in [3.8, 4) is 5.75 Å². The molecule has 100 valence electrons. The molecule has 0 fully saturated rings. The Bertz CT molecular complexity index is 797. The van der Waals surface area contributed by atoms with E-state index < -0.39 is 0 Å². The van der Waals surface area contributed by atoms with Gasteiger partial charge in [-0.25, -0.2) is 0 Å². The highest BCUT2D eigenvalue weighted by Gasteiger charge is 2.13. The summed E-state index contributed by atoms with van der Waals surface area (Å²) >= 11 is 7.53. The molecule has 0 amide bonds. The zero-order chi connectivity index (χ0) is 14.1. The second kappa shape index (κ2) is 5.23. The molecule has 0 aliphatic carbocycles. The van der Waals surface area contributed by atoms with Crippen LogP contribution in [0.1, 0.15) is 15.9 Å². The summed E-state index contributed by atoms with van der Waals surface area (Å²) in [5.74, 6) is 0.394. The predicted molar refractivity (Wildman–Crippen MR) is 81.1 cm³/mol. The molecule has 0 N–H and O–H groups in total. The third kappa shape index (κ3) is 2.28. The number of methoxy groups -OCH3 is 1. The van der Waals surface area contributed by atoms with Crippen molar-refractivity contribution in [1.29, 1.82) is 0 Å². The fourth-order valence-corrected chi connectivity index (χ4v) is 2.91. The van der Waals surface area contributed by atoms with Gasteiger partial charge >= 0.3 is 0 Å². The van der Waals surface area contributed by atoms with Crippen LogP contribution in [-0.2, 0) is 0 Å². The van der Waals surface area contributed by atoms with Gasteiger partial charge in [0.1, 0.15) is 5.75 Å². The first-order valence-electron chi connectivity index (χ1n) is 5.90. The van der Waals surface area contributed by atoms with Gasteiger partial charge < -0.3 is 4.74 Å². The molecule has 0 unspecified atom stereocenters. The van der Waals surface area contributed by atoms with E-state index in [-0.39, 0.29) is 5.78 Å². The van der Waals surface area contributed by atoms with Crippen molar-refractivity contribution in [1.82, 2.24) is 4.98 Å². The standard InChI is InChI=1S/C15H10ClNO2S/c1-19-13-6-9(2-3-11(13)16)15(18)10-7-14-12(17-8-10)4-5-20-14/h2-8H,1H3. The van der Waals surface area contributed by atoms with E-state index in [1.54, 1.807) is 35.7 Å². The second-order valence-corrected chi connectivity index (χ2v) is 5.56. The fourth-order valence-electron chi connectivity index (χ4n) is 1.94. The largest absolute Gasteiger partial charge is 0.495 e. The lowest BCUT2D eigenvalue weighted by Crippen LogP contribution is -2.02. The zero-order valence-corrected chi connectivity index (χ0v) is 12.2. The van der Waals surface area contributed by atoms with Crippen molar-refractivity contribution in [3.63, 3.8) is 0 Å². The first kappa shape index (κ1) is 13.1. The van der Waals surface area contributed by atoms with Gasteiger partial charge in [0.05, 0.1) is 22.3 Å². The van der Waals surface area contributed by atoms with Gasteiger partial charge in [-0.2, -0.15) is 0 Å². The molecule has 2 aromatic heterocycles. The summed E-state index contributed by atoms with van der Waals surface area (Å²) in [6.07, 6.45) is 1.60. The zero-order valence-electron chi connectivity index (χ0n) is 10.6. The van der Waals surface area contributed by atoms with Gasteiger partial charge in [0, 0.05) is 17.3 Å². The van der Waals surface area contributed by atoms with Gasteiger partial charge in [0.25, 0.3) is 0 Å². The maximum Gasteiger partial charge on any atom is 0.194 e. The van der Waals surface area contributed by atoms with Crippen LogP contribution < -0.4 is 4.74 Å². The summed E-state index contributed by atoms with van der Waals surface area (Å²) in [6, 6.07) is 8.77. The molecule has 5 heteroatoms. The summed E-state index contributed by atoms with van der Waals surface area (Å²) in [6.45, 7) is 0. The number of nitrogens with zero attached hydrogens (tertiary/aromatic N) is 1. The molecule has 3 aromatic rings. The molecule has 0 atom stereocenters. The van der Waals surface area contributed by atoms with Crippen LogP contribution in [0.2, 0.25) is 5.02 Å². The Hall–Kier alpha value is -1.91. The number of hydrogen-bond acceptors (Lipinski definition) is 4. The SMILES string of the molecule is COc1cc(C(=O)c2cnc3ccsc3c2)ccc1Cl. The summed E-state index contributed by atoms with van der Waals surface area (Å²) < 4.78 is 6.13. The average molecular weight is 304 g/mol. The minimum Gasteiger partial charge on any atom is -0.495 e. The van der Waals surface area contributed by atoms with Crippen molar-refractivity contribution in [2.75, 3.05) is 7.11 Å². The molecule has 1 aromatic carbocycles. The normalized spacial score (nSPS) is 10.7. The van der Waals surface area contributed by atoms with Crippen molar-refractivity contribution in [2.45, 2.75) is 0 Å². The predicted octanol–water partition coefficient (Wildman–Crippen LogP) is 4.19. The van der Waals surface area contributed by atoms with Crippen LogP contribution in [0, 0.1) is 0 Å². The number of pyridine rings is 1. The second-order valence-electron chi connectivity index (χ2n) is 4.21. The number of ketones is 1. The Morgan fingerprint density at radius 3 is 2.90 bits per heavy atom. The highest BCUT2D eigenvalue weighted by atomic mass is 35.5. The fraction of sp³-hybridized carbons (Fsp3) is 0.0667. The summed E-state index contributed by atoms with van der Waals surface area (Å²) in [7, 11) is 1.52. The first-order valence-corrected chi connectivity index (χ1v) is 7.16. The minimum atomic E-state index is -0.0947.